The molecule has 2 aromatic heterocycles. The smallest absolute Gasteiger partial charge is 0.0726 e. The van der Waals surface area contributed by atoms with Gasteiger partial charge in [0.15, 0.2) is 0 Å². The molecule has 0 amide bonds. The average Bonchev–Trinajstić information content (AvgIpc) is 1.52. The Bertz CT molecular complexity index is 5260. The fourth-order valence-corrected chi connectivity index (χ4v) is 15.2. The van der Waals surface area contributed by atoms with Crippen LogP contribution in [0, 0.1) is 0 Å². The summed E-state index contributed by atoms with van der Waals surface area (Å²) >= 11 is 0. The molecule has 88 heavy (non-hydrogen) atoms. The second-order valence-corrected chi connectivity index (χ2v) is 23.5. The summed E-state index contributed by atoms with van der Waals surface area (Å²) in [5.41, 5.74) is 29.8. The van der Waals surface area contributed by atoms with Crippen molar-refractivity contribution in [1.82, 2.24) is 9.13 Å². The quantitative estimate of drug-likeness (QED) is 0.140. The molecule has 14 aromatic carbocycles. The first-order chi connectivity index (χ1) is 43.7. The summed E-state index contributed by atoms with van der Waals surface area (Å²) < 4.78 is 4.83. The molecular weight excluding hydrogens is 1060 g/mol. The standard InChI is InChI=1S/C85H55N3/c1-4-20-56(21-5-1)61-44-52-79-72(54-61)73-55-62(57-22-6-2-7-23-57)45-53-80(73)87(79)66-48-40-59(41-49-66)58-38-46-64(47-39-58)86(65-50-42-60(43-51-65)67-30-18-36-81-83(67)71-29-13-17-35-78(71)88(81)63-24-8-3-9-25-63)82-37-19-34-77-84(82)70-28-12-16-33-76(70)85(77)74-31-14-10-26-68(74)69-27-11-15-32-75(69)85/h1-55H. The predicted octanol–water partition coefficient (Wildman–Crippen LogP) is 22.4. The van der Waals surface area contributed by atoms with Gasteiger partial charge in [-0.05, 0) is 174 Å². The molecule has 0 radical (unpaired) electrons. The zero-order valence-corrected chi connectivity index (χ0v) is 48.1. The van der Waals surface area contributed by atoms with Gasteiger partial charge in [0.25, 0.3) is 0 Å². The first kappa shape index (κ1) is 49.9. The van der Waals surface area contributed by atoms with Crippen molar-refractivity contribution in [3.8, 4) is 78.1 Å². The average molecular weight is 1120 g/mol. The zero-order valence-electron chi connectivity index (χ0n) is 48.1. The van der Waals surface area contributed by atoms with Crippen molar-refractivity contribution in [1.29, 1.82) is 0 Å². The number of hydrogen-bond donors (Lipinski definition) is 0. The normalized spacial score (nSPS) is 12.6. The number of rotatable bonds is 9. The summed E-state index contributed by atoms with van der Waals surface area (Å²) in [6, 6.07) is 124. The Labute approximate surface area is 511 Å². The van der Waals surface area contributed by atoms with E-state index in [4.69, 9.17) is 0 Å². The van der Waals surface area contributed by atoms with Crippen molar-refractivity contribution in [3.63, 3.8) is 0 Å². The van der Waals surface area contributed by atoms with Crippen LogP contribution in [0.2, 0.25) is 0 Å². The predicted molar refractivity (Wildman–Crippen MR) is 368 cm³/mol. The Morgan fingerprint density at radius 1 is 0.239 bits per heavy atom. The first-order valence-corrected chi connectivity index (χ1v) is 30.5. The molecule has 410 valence electrons. The van der Waals surface area contributed by atoms with E-state index in [1.807, 2.05) is 0 Å². The minimum atomic E-state index is -0.478. The van der Waals surface area contributed by atoms with Gasteiger partial charge in [0.05, 0.1) is 33.2 Å². The Morgan fingerprint density at radius 2 is 0.636 bits per heavy atom. The van der Waals surface area contributed by atoms with E-state index in [9.17, 15) is 0 Å². The van der Waals surface area contributed by atoms with Crippen LogP contribution in [0.15, 0.2) is 334 Å². The third-order valence-electron chi connectivity index (χ3n) is 19.0. The van der Waals surface area contributed by atoms with Gasteiger partial charge in [-0.3, -0.25) is 0 Å². The van der Waals surface area contributed by atoms with Crippen molar-refractivity contribution < 1.29 is 0 Å². The van der Waals surface area contributed by atoms with E-state index in [0.29, 0.717) is 0 Å². The lowest BCUT2D eigenvalue weighted by Gasteiger charge is -2.32. The Balaban J connectivity index is 0.770. The SMILES string of the molecule is c1ccc(-c2ccc3c(c2)c2cc(-c4ccccc4)ccc2n3-c2ccc(-c3ccc(N(c4ccc(-c5cccc6c5c5ccccc5n6-c5ccccc5)cc4)c4cccc5c4-c4ccccc4C54c5ccccc5-c5ccccc54)cc3)cc2)cc1. The van der Waals surface area contributed by atoms with Gasteiger partial charge in [0, 0.05) is 49.9 Å². The van der Waals surface area contributed by atoms with Crippen LogP contribution in [0.4, 0.5) is 17.1 Å². The van der Waals surface area contributed by atoms with Gasteiger partial charge < -0.3 is 14.0 Å². The first-order valence-electron chi connectivity index (χ1n) is 30.5. The Hall–Kier alpha value is -11.5. The maximum atomic E-state index is 2.49. The molecule has 2 aliphatic carbocycles. The van der Waals surface area contributed by atoms with E-state index >= 15 is 0 Å². The minimum Gasteiger partial charge on any atom is -0.310 e. The van der Waals surface area contributed by atoms with E-state index < -0.39 is 5.41 Å². The largest absolute Gasteiger partial charge is 0.310 e. The van der Waals surface area contributed by atoms with Gasteiger partial charge >= 0.3 is 0 Å². The van der Waals surface area contributed by atoms with Gasteiger partial charge in [-0.15, -0.1) is 0 Å². The van der Waals surface area contributed by atoms with E-state index in [-0.39, 0.29) is 0 Å². The highest BCUT2D eigenvalue weighted by Crippen LogP contribution is 2.65. The number of hydrogen-bond acceptors (Lipinski definition) is 1. The molecule has 16 aromatic rings. The van der Waals surface area contributed by atoms with Gasteiger partial charge in [0.2, 0.25) is 0 Å². The molecule has 0 N–H and O–H groups in total. The number of nitrogens with zero attached hydrogens (tertiary/aromatic N) is 3. The number of para-hydroxylation sites is 2. The third kappa shape index (κ3) is 7.44. The molecule has 0 aliphatic heterocycles. The second kappa shape index (κ2) is 19.8. The molecular formula is C85H55N3. The van der Waals surface area contributed by atoms with Crippen LogP contribution in [0.5, 0.6) is 0 Å². The molecule has 0 unspecified atom stereocenters. The molecule has 0 fully saturated rings. The van der Waals surface area contributed by atoms with E-state index in [0.717, 1.165) is 39.6 Å². The van der Waals surface area contributed by atoms with Crippen LogP contribution in [0.25, 0.3) is 122 Å². The lowest BCUT2D eigenvalue weighted by Crippen LogP contribution is -2.26. The molecule has 0 atom stereocenters. The van der Waals surface area contributed by atoms with Gasteiger partial charge in [-0.25, -0.2) is 0 Å². The van der Waals surface area contributed by atoms with Crippen molar-refractivity contribution in [3.05, 3.63) is 356 Å². The summed E-state index contributed by atoms with van der Waals surface area (Å²) in [5, 5.41) is 4.96. The summed E-state index contributed by atoms with van der Waals surface area (Å²) in [6.45, 7) is 0. The molecule has 0 saturated heterocycles. The Morgan fingerprint density at radius 3 is 1.24 bits per heavy atom. The summed E-state index contributed by atoms with van der Waals surface area (Å²) in [5.74, 6) is 0. The molecule has 0 saturated carbocycles. The van der Waals surface area contributed by atoms with Crippen molar-refractivity contribution in [2.24, 2.45) is 0 Å². The fraction of sp³-hybridized carbons (Fsp3) is 0.0118. The number of aromatic nitrogens is 2. The maximum Gasteiger partial charge on any atom is 0.0726 e. The monoisotopic (exact) mass is 1120 g/mol. The molecule has 1 spiro atoms. The highest BCUT2D eigenvalue weighted by atomic mass is 15.1. The maximum absolute atomic E-state index is 2.49. The van der Waals surface area contributed by atoms with Crippen LogP contribution in [-0.2, 0) is 5.41 Å². The second-order valence-electron chi connectivity index (χ2n) is 23.5. The summed E-state index contributed by atoms with van der Waals surface area (Å²) in [4.78, 5) is 2.49. The van der Waals surface area contributed by atoms with E-state index in [1.54, 1.807) is 0 Å². The molecule has 18 rings (SSSR count). The highest BCUT2D eigenvalue weighted by Gasteiger charge is 2.52. The lowest BCUT2D eigenvalue weighted by atomic mass is 9.70. The Kier molecular flexibility index (Phi) is 11.2. The zero-order chi connectivity index (χ0) is 57.9. The van der Waals surface area contributed by atoms with Crippen LogP contribution < -0.4 is 4.90 Å². The van der Waals surface area contributed by atoms with Gasteiger partial charge in [-0.1, -0.05) is 243 Å². The van der Waals surface area contributed by atoms with Crippen LogP contribution in [0.3, 0.4) is 0 Å². The molecule has 2 heterocycles. The van der Waals surface area contributed by atoms with E-state index in [2.05, 4.69) is 348 Å². The molecule has 2 aliphatic rings. The van der Waals surface area contributed by atoms with Gasteiger partial charge in [-0.2, -0.15) is 0 Å². The van der Waals surface area contributed by atoms with Crippen molar-refractivity contribution >= 4 is 60.7 Å². The van der Waals surface area contributed by atoms with Gasteiger partial charge in [0.1, 0.15) is 0 Å². The summed E-state index contributed by atoms with van der Waals surface area (Å²) in [6.07, 6.45) is 0. The number of fused-ring (bicyclic) bond motifs is 16. The third-order valence-corrected chi connectivity index (χ3v) is 19.0. The van der Waals surface area contributed by atoms with Crippen LogP contribution >= 0.6 is 0 Å². The molecule has 0 bridgehead atoms. The van der Waals surface area contributed by atoms with Crippen molar-refractivity contribution in [2.75, 3.05) is 4.90 Å². The van der Waals surface area contributed by atoms with Crippen LogP contribution in [0.1, 0.15) is 22.3 Å². The fourth-order valence-electron chi connectivity index (χ4n) is 15.2. The molecule has 3 nitrogen and oxygen atoms in total. The molecule has 3 heteroatoms. The van der Waals surface area contributed by atoms with Crippen molar-refractivity contribution in [2.45, 2.75) is 5.41 Å². The summed E-state index contributed by atoms with van der Waals surface area (Å²) in [7, 11) is 0. The number of anilines is 3. The topological polar surface area (TPSA) is 13.1 Å². The number of benzene rings is 14. The lowest BCUT2D eigenvalue weighted by molar-refractivity contribution is 0.794. The minimum absolute atomic E-state index is 0.478. The highest BCUT2D eigenvalue weighted by molar-refractivity contribution is 6.16. The van der Waals surface area contributed by atoms with E-state index in [1.165, 1.54) is 122 Å². The van der Waals surface area contributed by atoms with Crippen LogP contribution in [-0.4, -0.2) is 9.13 Å².